The number of hydrogen-bond donors (Lipinski definition) is 1. The van der Waals surface area contributed by atoms with Gasteiger partial charge in [0.05, 0.1) is 18.6 Å². The van der Waals surface area contributed by atoms with Crippen LogP contribution >= 0.6 is 0 Å². The molecule has 0 spiro atoms. The van der Waals surface area contributed by atoms with Crippen LogP contribution in [0.15, 0.2) is 54.6 Å². The van der Waals surface area contributed by atoms with Gasteiger partial charge in [-0.2, -0.15) is 0 Å². The summed E-state index contributed by atoms with van der Waals surface area (Å²) in [5, 5.41) is 10.2. The lowest BCUT2D eigenvalue weighted by atomic mass is 9.90. The van der Waals surface area contributed by atoms with E-state index in [9.17, 15) is 0 Å². The predicted molar refractivity (Wildman–Crippen MR) is 115 cm³/mol. The number of aromatic nitrogens is 4. The maximum atomic E-state index is 4.88. The summed E-state index contributed by atoms with van der Waals surface area (Å²) < 4.78 is 2.20. The minimum atomic E-state index is 0.799. The predicted octanol–water partition coefficient (Wildman–Crippen LogP) is 2.88. The first-order valence-electron chi connectivity index (χ1n) is 10.8. The third-order valence-electron chi connectivity index (χ3n) is 6.29. The Morgan fingerprint density at radius 3 is 2.48 bits per heavy atom. The Kier molecular flexibility index (Phi) is 4.98. The average molecular weight is 387 g/mol. The molecule has 2 aromatic carbocycles. The molecule has 4 aromatic rings. The van der Waals surface area contributed by atoms with Crippen LogP contribution in [0.3, 0.4) is 0 Å². The van der Waals surface area contributed by atoms with Gasteiger partial charge in [0.2, 0.25) is 0 Å². The third kappa shape index (κ3) is 3.62. The lowest BCUT2D eigenvalue weighted by Crippen LogP contribution is -3.11. The van der Waals surface area contributed by atoms with E-state index >= 15 is 0 Å². The molecule has 5 heteroatoms. The van der Waals surface area contributed by atoms with Gasteiger partial charge in [-0.25, -0.2) is 4.98 Å². The first-order chi connectivity index (χ1) is 14.3. The fourth-order valence-electron chi connectivity index (χ4n) is 4.70. The highest BCUT2D eigenvalue weighted by molar-refractivity contribution is 5.91. The summed E-state index contributed by atoms with van der Waals surface area (Å²) >= 11 is 0. The number of likely N-dealkylation sites (tertiary alicyclic amines) is 1. The molecule has 0 saturated carbocycles. The van der Waals surface area contributed by atoms with Crippen molar-refractivity contribution in [1.29, 1.82) is 0 Å². The fraction of sp³-hybridized carbons (Fsp3) is 0.375. The molecule has 0 aliphatic carbocycles. The van der Waals surface area contributed by atoms with Crippen molar-refractivity contribution in [3.63, 3.8) is 0 Å². The average Bonchev–Trinajstić information content (AvgIpc) is 3.19. The molecule has 0 radical (unpaired) electrons. The fourth-order valence-corrected chi connectivity index (χ4v) is 4.70. The molecule has 1 aliphatic rings. The van der Waals surface area contributed by atoms with Crippen LogP contribution in [0, 0.1) is 5.92 Å². The highest BCUT2D eigenvalue weighted by Gasteiger charge is 2.25. The molecule has 0 amide bonds. The zero-order chi connectivity index (χ0) is 19.6. The topological polar surface area (TPSA) is 47.5 Å². The first-order valence-corrected chi connectivity index (χ1v) is 10.8. The number of rotatable bonds is 5. The lowest BCUT2D eigenvalue weighted by molar-refractivity contribution is -0.920. The van der Waals surface area contributed by atoms with E-state index in [0.29, 0.717) is 0 Å². The quantitative estimate of drug-likeness (QED) is 0.574. The molecular weight excluding hydrogens is 358 g/mol. The molecule has 0 unspecified atom stereocenters. The van der Waals surface area contributed by atoms with Crippen molar-refractivity contribution in [1.82, 2.24) is 19.6 Å². The SMILES string of the molecule is CCc1nc2ccccc2c2nnc(C[NH+]3CCC(Cc4ccccc4)CC3)n12. The normalized spacial score (nSPS) is 19.8. The molecule has 1 aliphatic heterocycles. The van der Waals surface area contributed by atoms with E-state index in [1.54, 1.807) is 4.90 Å². The van der Waals surface area contributed by atoms with Crippen molar-refractivity contribution in [2.45, 2.75) is 39.2 Å². The second-order valence-electron chi connectivity index (χ2n) is 8.23. The highest BCUT2D eigenvalue weighted by atomic mass is 15.3. The number of nitrogens with one attached hydrogen (secondary N) is 1. The molecule has 29 heavy (non-hydrogen) atoms. The lowest BCUT2D eigenvalue weighted by Gasteiger charge is -2.29. The summed E-state index contributed by atoms with van der Waals surface area (Å²) in [6, 6.07) is 19.1. The number of aryl methyl sites for hydroxylation is 1. The Labute approximate surface area is 171 Å². The molecule has 3 heterocycles. The summed E-state index contributed by atoms with van der Waals surface area (Å²) in [6.45, 7) is 5.48. The van der Waals surface area contributed by atoms with Gasteiger partial charge in [-0.3, -0.25) is 4.40 Å². The minimum absolute atomic E-state index is 0.799. The number of quaternary nitrogens is 1. The maximum Gasteiger partial charge on any atom is 0.194 e. The van der Waals surface area contributed by atoms with Crippen LogP contribution in [0.4, 0.5) is 0 Å². The van der Waals surface area contributed by atoms with Gasteiger partial charge in [0.25, 0.3) is 0 Å². The Balaban J connectivity index is 1.33. The standard InChI is InChI=1S/C24H27N5/c1-2-22-25-21-11-7-6-10-20(21)24-27-26-23(29(22)24)17-28-14-12-19(13-15-28)16-18-8-4-3-5-9-18/h3-11,19H,2,12-17H2,1H3/p+1. The number of piperidine rings is 1. The van der Waals surface area contributed by atoms with Gasteiger partial charge in [-0.15, -0.1) is 10.2 Å². The molecule has 1 saturated heterocycles. The summed E-state index contributed by atoms with van der Waals surface area (Å²) in [6.07, 6.45) is 4.64. The van der Waals surface area contributed by atoms with Crippen molar-refractivity contribution in [3.8, 4) is 0 Å². The van der Waals surface area contributed by atoms with Crippen molar-refractivity contribution in [2.24, 2.45) is 5.92 Å². The van der Waals surface area contributed by atoms with Crippen LogP contribution in [0.2, 0.25) is 0 Å². The number of hydrogen-bond acceptors (Lipinski definition) is 3. The Morgan fingerprint density at radius 2 is 1.69 bits per heavy atom. The van der Waals surface area contributed by atoms with Crippen LogP contribution in [0.1, 0.15) is 37.0 Å². The van der Waals surface area contributed by atoms with Crippen molar-refractivity contribution < 1.29 is 4.90 Å². The number of benzene rings is 2. The second-order valence-corrected chi connectivity index (χ2v) is 8.23. The van der Waals surface area contributed by atoms with Gasteiger partial charge >= 0.3 is 0 Å². The van der Waals surface area contributed by atoms with Crippen LogP contribution in [-0.4, -0.2) is 32.7 Å². The van der Waals surface area contributed by atoms with E-state index in [1.807, 2.05) is 12.1 Å². The van der Waals surface area contributed by atoms with Gasteiger partial charge in [0.15, 0.2) is 11.5 Å². The monoisotopic (exact) mass is 386 g/mol. The smallest absolute Gasteiger partial charge is 0.194 e. The van der Waals surface area contributed by atoms with E-state index in [2.05, 4.69) is 64.0 Å². The zero-order valence-corrected chi connectivity index (χ0v) is 17.0. The van der Waals surface area contributed by atoms with Crippen molar-refractivity contribution in [3.05, 3.63) is 71.8 Å². The van der Waals surface area contributed by atoms with Crippen LogP contribution < -0.4 is 4.90 Å². The third-order valence-corrected chi connectivity index (χ3v) is 6.29. The Hall–Kier alpha value is -2.79. The van der Waals surface area contributed by atoms with E-state index in [4.69, 9.17) is 4.98 Å². The van der Waals surface area contributed by atoms with Crippen LogP contribution in [0.25, 0.3) is 16.6 Å². The summed E-state index contributed by atoms with van der Waals surface area (Å²) in [4.78, 5) is 6.49. The molecule has 1 N–H and O–H groups in total. The summed E-state index contributed by atoms with van der Waals surface area (Å²) in [7, 11) is 0. The molecule has 148 valence electrons. The van der Waals surface area contributed by atoms with Gasteiger partial charge < -0.3 is 4.90 Å². The molecule has 5 rings (SSSR count). The van der Waals surface area contributed by atoms with Gasteiger partial charge in [-0.1, -0.05) is 49.4 Å². The highest BCUT2D eigenvalue weighted by Crippen LogP contribution is 2.20. The first kappa shape index (κ1) is 18.3. The van der Waals surface area contributed by atoms with Crippen molar-refractivity contribution >= 4 is 16.6 Å². The van der Waals surface area contributed by atoms with Crippen LogP contribution in [-0.2, 0) is 19.4 Å². The molecule has 0 bridgehead atoms. The van der Waals surface area contributed by atoms with Gasteiger partial charge in [0, 0.05) is 11.8 Å². The summed E-state index contributed by atoms with van der Waals surface area (Å²) in [5.74, 6) is 2.90. The van der Waals surface area contributed by atoms with Crippen molar-refractivity contribution in [2.75, 3.05) is 13.1 Å². The van der Waals surface area contributed by atoms with E-state index in [-0.39, 0.29) is 0 Å². The molecule has 1 fully saturated rings. The Morgan fingerprint density at radius 1 is 0.931 bits per heavy atom. The number of para-hydroxylation sites is 1. The van der Waals surface area contributed by atoms with Gasteiger partial charge in [0.1, 0.15) is 12.4 Å². The molecule has 5 nitrogen and oxygen atoms in total. The van der Waals surface area contributed by atoms with Gasteiger partial charge in [-0.05, 0) is 42.9 Å². The summed E-state index contributed by atoms with van der Waals surface area (Å²) in [5.41, 5.74) is 3.42. The minimum Gasteiger partial charge on any atom is -0.329 e. The molecular formula is C24H28N5+. The largest absolute Gasteiger partial charge is 0.329 e. The Bertz CT molecular complexity index is 1110. The second kappa shape index (κ2) is 7.91. The molecule has 2 aromatic heterocycles. The van der Waals surface area contributed by atoms with E-state index in [1.165, 1.54) is 37.9 Å². The number of nitrogens with zero attached hydrogens (tertiary/aromatic N) is 4. The number of fused-ring (bicyclic) bond motifs is 3. The molecule has 0 atom stereocenters. The van der Waals surface area contributed by atoms with E-state index in [0.717, 1.165) is 47.1 Å². The maximum absolute atomic E-state index is 4.88. The van der Waals surface area contributed by atoms with E-state index < -0.39 is 0 Å². The van der Waals surface area contributed by atoms with Crippen LogP contribution in [0.5, 0.6) is 0 Å². The zero-order valence-electron chi connectivity index (χ0n) is 17.0.